The minimum Gasteiger partial charge on any atom is -0.376 e. The molecule has 0 bridgehead atoms. The van der Waals surface area contributed by atoms with Crippen LogP contribution in [0.4, 0.5) is 10.6 Å². The van der Waals surface area contributed by atoms with Gasteiger partial charge in [0.05, 0.1) is 11.1 Å². The van der Waals surface area contributed by atoms with Gasteiger partial charge in [-0.05, 0) is 31.4 Å². The molecular weight excluding hydrogens is 316 g/mol. The summed E-state index contributed by atoms with van der Waals surface area (Å²) in [5, 5.41) is 3.63. The van der Waals surface area contributed by atoms with Crippen molar-refractivity contribution in [3.63, 3.8) is 0 Å². The van der Waals surface area contributed by atoms with Gasteiger partial charge in [-0.2, -0.15) is 0 Å². The van der Waals surface area contributed by atoms with E-state index in [2.05, 4.69) is 15.2 Å². The molecule has 1 unspecified atom stereocenters. The number of anilines is 1. The number of nitrogens with zero attached hydrogens (tertiary/aromatic N) is 3. The van der Waals surface area contributed by atoms with Gasteiger partial charge in [-0.1, -0.05) is 11.6 Å². The molecule has 2 amide bonds. The molecule has 2 saturated heterocycles. The van der Waals surface area contributed by atoms with Crippen LogP contribution in [0.15, 0.2) is 18.3 Å². The molecule has 1 N–H and O–H groups in total. The van der Waals surface area contributed by atoms with Crippen LogP contribution in [0.5, 0.6) is 0 Å². The number of amides is 2. The molecule has 3 heterocycles. The summed E-state index contributed by atoms with van der Waals surface area (Å²) in [5.74, 6) is 0.907. The van der Waals surface area contributed by atoms with Crippen molar-refractivity contribution >= 4 is 23.4 Å². The lowest BCUT2D eigenvalue weighted by Gasteiger charge is -2.35. The van der Waals surface area contributed by atoms with Gasteiger partial charge in [-0.3, -0.25) is 0 Å². The Labute approximate surface area is 141 Å². The van der Waals surface area contributed by atoms with E-state index < -0.39 is 0 Å². The normalized spacial score (nSPS) is 22.0. The highest BCUT2D eigenvalue weighted by Gasteiger charge is 2.23. The fourth-order valence-corrected chi connectivity index (χ4v) is 3.09. The van der Waals surface area contributed by atoms with E-state index >= 15 is 0 Å². The van der Waals surface area contributed by atoms with Crippen molar-refractivity contribution in [1.82, 2.24) is 15.2 Å². The number of urea groups is 1. The third kappa shape index (κ3) is 4.48. The predicted molar refractivity (Wildman–Crippen MR) is 90.0 cm³/mol. The van der Waals surface area contributed by atoms with Crippen molar-refractivity contribution in [3.05, 3.63) is 23.4 Å². The van der Waals surface area contributed by atoms with Crippen molar-refractivity contribution in [2.75, 3.05) is 44.2 Å². The van der Waals surface area contributed by atoms with Gasteiger partial charge < -0.3 is 19.9 Å². The maximum Gasteiger partial charge on any atom is 0.317 e. The summed E-state index contributed by atoms with van der Waals surface area (Å²) >= 11 is 5.86. The second kappa shape index (κ2) is 7.84. The number of pyridine rings is 1. The molecule has 2 aliphatic heterocycles. The number of aromatic nitrogens is 1. The highest BCUT2D eigenvalue weighted by Crippen LogP contribution is 2.16. The van der Waals surface area contributed by atoms with E-state index in [0.29, 0.717) is 24.7 Å². The number of hydrogen-bond acceptors (Lipinski definition) is 4. The fraction of sp³-hybridized carbons (Fsp3) is 0.625. The lowest BCUT2D eigenvalue weighted by molar-refractivity contribution is 0.0177. The van der Waals surface area contributed by atoms with E-state index in [0.717, 1.165) is 38.4 Å². The molecule has 0 aromatic carbocycles. The Kier molecular flexibility index (Phi) is 5.56. The summed E-state index contributed by atoms with van der Waals surface area (Å²) in [4.78, 5) is 20.6. The van der Waals surface area contributed by atoms with Crippen LogP contribution in [0.25, 0.3) is 0 Å². The molecule has 1 aromatic heterocycles. The quantitative estimate of drug-likeness (QED) is 0.917. The summed E-state index contributed by atoms with van der Waals surface area (Å²) in [7, 11) is 0. The largest absolute Gasteiger partial charge is 0.376 e. The third-order valence-corrected chi connectivity index (χ3v) is 4.58. The minimum atomic E-state index is 0.00267. The van der Waals surface area contributed by atoms with Gasteiger partial charge in [0.25, 0.3) is 0 Å². The highest BCUT2D eigenvalue weighted by atomic mass is 35.5. The van der Waals surface area contributed by atoms with Crippen molar-refractivity contribution < 1.29 is 9.53 Å². The number of ether oxygens (including phenoxy) is 1. The van der Waals surface area contributed by atoms with Crippen LogP contribution in [-0.4, -0.2) is 61.3 Å². The first kappa shape index (κ1) is 16.3. The van der Waals surface area contributed by atoms with Gasteiger partial charge in [0.1, 0.15) is 5.82 Å². The van der Waals surface area contributed by atoms with Gasteiger partial charge in [-0.25, -0.2) is 9.78 Å². The van der Waals surface area contributed by atoms with Gasteiger partial charge in [0, 0.05) is 45.5 Å². The number of carbonyl (C=O) groups is 1. The lowest BCUT2D eigenvalue weighted by Crippen LogP contribution is -2.53. The van der Waals surface area contributed by atoms with Crippen molar-refractivity contribution in [1.29, 1.82) is 0 Å². The molecule has 0 aliphatic carbocycles. The Morgan fingerprint density at radius 1 is 1.30 bits per heavy atom. The van der Waals surface area contributed by atoms with Crippen LogP contribution in [0.2, 0.25) is 5.02 Å². The Morgan fingerprint density at radius 3 is 2.78 bits per heavy atom. The van der Waals surface area contributed by atoms with Crippen LogP contribution < -0.4 is 10.2 Å². The van der Waals surface area contributed by atoms with E-state index in [9.17, 15) is 4.79 Å². The molecule has 0 spiro atoms. The Bertz CT molecular complexity index is 511. The molecule has 7 heteroatoms. The zero-order valence-electron chi connectivity index (χ0n) is 13.2. The van der Waals surface area contributed by atoms with E-state index in [1.54, 1.807) is 6.20 Å². The SMILES string of the molecule is O=C(NCC1CCCCO1)N1CCN(c2ccc(Cl)cn2)CC1. The highest BCUT2D eigenvalue weighted by molar-refractivity contribution is 6.30. The summed E-state index contributed by atoms with van der Waals surface area (Å²) in [6.07, 6.45) is 5.18. The number of rotatable bonds is 3. The van der Waals surface area contributed by atoms with Crippen LogP contribution in [-0.2, 0) is 4.74 Å². The standard InChI is InChI=1S/C16H23ClN4O2/c17-13-4-5-15(18-11-13)20-6-8-21(9-7-20)16(22)19-12-14-3-1-2-10-23-14/h4-5,11,14H,1-3,6-10,12H2,(H,19,22). The summed E-state index contributed by atoms with van der Waals surface area (Å²) in [5.41, 5.74) is 0. The van der Waals surface area contributed by atoms with E-state index in [1.807, 2.05) is 17.0 Å². The maximum atomic E-state index is 12.2. The zero-order chi connectivity index (χ0) is 16.1. The Balaban J connectivity index is 1.42. The first-order valence-electron chi connectivity index (χ1n) is 8.23. The third-order valence-electron chi connectivity index (χ3n) is 4.36. The molecule has 2 aliphatic rings. The molecule has 6 nitrogen and oxygen atoms in total. The van der Waals surface area contributed by atoms with E-state index in [4.69, 9.17) is 16.3 Å². The number of hydrogen-bond donors (Lipinski definition) is 1. The van der Waals surface area contributed by atoms with Gasteiger partial charge in [0.15, 0.2) is 0 Å². The topological polar surface area (TPSA) is 57.7 Å². The average molecular weight is 339 g/mol. The van der Waals surface area contributed by atoms with Crippen LogP contribution in [0, 0.1) is 0 Å². The number of nitrogens with one attached hydrogen (secondary N) is 1. The van der Waals surface area contributed by atoms with Crippen molar-refractivity contribution in [2.45, 2.75) is 25.4 Å². The number of halogens is 1. The monoisotopic (exact) mass is 338 g/mol. The maximum absolute atomic E-state index is 12.2. The number of piperazine rings is 1. The summed E-state index contributed by atoms with van der Waals surface area (Å²) in [6, 6.07) is 3.76. The summed E-state index contributed by atoms with van der Waals surface area (Å²) in [6.45, 7) is 4.37. The lowest BCUT2D eigenvalue weighted by atomic mass is 10.1. The van der Waals surface area contributed by atoms with Crippen LogP contribution in [0.1, 0.15) is 19.3 Å². The summed E-state index contributed by atoms with van der Waals surface area (Å²) < 4.78 is 5.64. The fourth-order valence-electron chi connectivity index (χ4n) is 2.98. The smallest absolute Gasteiger partial charge is 0.317 e. The molecule has 1 atom stereocenters. The molecule has 23 heavy (non-hydrogen) atoms. The predicted octanol–water partition coefficient (Wildman–Crippen LogP) is 2.14. The first-order chi connectivity index (χ1) is 11.2. The molecule has 2 fully saturated rings. The first-order valence-corrected chi connectivity index (χ1v) is 8.61. The Morgan fingerprint density at radius 2 is 2.13 bits per heavy atom. The molecule has 0 saturated carbocycles. The second-order valence-corrected chi connectivity index (χ2v) is 6.42. The van der Waals surface area contributed by atoms with Crippen molar-refractivity contribution in [2.24, 2.45) is 0 Å². The van der Waals surface area contributed by atoms with Gasteiger partial charge in [-0.15, -0.1) is 0 Å². The zero-order valence-corrected chi connectivity index (χ0v) is 14.0. The number of carbonyl (C=O) groups excluding carboxylic acids is 1. The molecular formula is C16H23ClN4O2. The van der Waals surface area contributed by atoms with E-state index in [-0.39, 0.29) is 12.1 Å². The minimum absolute atomic E-state index is 0.00267. The Hall–Kier alpha value is -1.53. The van der Waals surface area contributed by atoms with E-state index in [1.165, 1.54) is 6.42 Å². The van der Waals surface area contributed by atoms with Gasteiger partial charge in [0.2, 0.25) is 0 Å². The molecule has 3 rings (SSSR count). The van der Waals surface area contributed by atoms with Crippen LogP contribution in [0.3, 0.4) is 0 Å². The molecule has 0 radical (unpaired) electrons. The van der Waals surface area contributed by atoms with Crippen LogP contribution >= 0.6 is 11.6 Å². The molecule has 126 valence electrons. The second-order valence-electron chi connectivity index (χ2n) is 5.98. The van der Waals surface area contributed by atoms with Crippen molar-refractivity contribution in [3.8, 4) is 0 Å². The van der Waals surface area contributed by atoms with Gasteiger partial charge >= 0.3 is 6.03 Å². The average Bonchev–Trinajstić information content (AvgIpc) is 2.61. The molecule has 1 aromatic rings.